The largest absolute Gasteiger partial charge is 0.458 e. The van der Waals surface area contributed by atoms with E-state index in [2.05, 4.69) is 4.98 Å². The number of pyridine rings is 1. The molecule has 1 aromatic carbocycles. The summed E-state index contributed by atoms with van der Waals surface area (Å²) in [6.07, 6.45) is 0.385. The number of benzene rings is 1. The van der Waals surface area contributed by atoms with Gasteiger partial charge in [-0.25, -0.2) is 9.78 Å². The molecule has 0 saturated carbocycles. The summed E-state index contributed by atoms with van der Waals surface area (Å²) in [5.41, 5.74) is 0.720. The molecular formula is C20H17N3O6. The van der Waals surface area contributed by atoms with Crippen LogP contribution in [0, 0.1) is 10.1 Å². The molecule has 0 aliphatic carbocycles. The molecule has 1 unspecified atom stereocenters. The van der Waals surface area contributed by atoms with Crippen molar-refractivity contribution in [3.8, 4) is 0 Å². The second kappa shape index (κ2) is 5.84. The smallest absolute Gasteiger partial charge is 0.342 e. The number of cyclic esters (lactones) is 1. The highest BCUT2D eigenvalue weighted by Gasteiger charge is 2.52. The minimum atomic E-state index is -1.81. The van der Waals surface area contributed by atoms with Crippen molar-refractivity contribution in [1.82, 2.24) is 9.88 Å². The first-order chi connectivity index (χ1) is 13.8. The van der Waals surface area contributed by atoms with Gasteiger partial charge in [-0.15, -0.1) is 0 Å². The molecule has 4 heterocycles. The van der Waals surface area contributed by atoms with Crippen LogP contribution in [0.1, 0.15) is 37.1 Å². The van der Waals surface area contributed by atoms with Crippen molar-refractivity contribution in [2.24, 2.45) is 0 Å². The minimum absolute atomic E-state index is 0.0363. The van der Waals surface area contributed by atoms with Crippen molar-refractivity contribution in [2.75, 3.05) is 6.61 Å². The Labute approximate surface area is 164 Å². The fourth-order valence-corrected chi connectivity index (χ4v) is 4.60. The maximum absolute atomic E-state index is 13.1. The summed E-state index contributed by atoms with van der Waals surface area (Å²) >= 11 is 0. The van der Waals surface area contributed by atoms with E-state index in [1.165, 1.54) is 6.07 Å². The molecule has 0 fully saturated rings. The van der Waals surface area contributed by atoms with Crippen LogP contribution in [-0.2, 0) is 20.9 Å². The molecule has 1 aromatic heterocycles. The monoisotopic (exact) mass is 395 g/mol. The number of hydrogen-bond donors (Lipinski definition) is 1. The van der Waals surface area contributed by atoms with E-state index in [0.717, 1.165) is 5.56 Å². The number of carbonyl (C=O) groups is 2. The van der Waals surface area contributed by atoms with Crippen molar-refractivity contribution in [3.63, 3.8) is 0 Å². The van der Waals surface area contributed by atoms with Crippen LogP contribution in [0.5, 0.6) is 0 Å². The number of hydrogen-bond acceptors (Lipinski definition) is 7. The highest BCUT2D eigenvalue weighted by molar-refractivity contribution is 6.01. The van der Waals surface area contributed by atoms with E-state index in [1.807, 2.05) is 0 Å². The molecule has 5 rings (SSSR count). The number of esters is 1. The first-order valence-electron chi connectivity index (χ1n) is 9.35. The number of nitro groups is 1. The Bertz CT molecular complexity index is 1160. The van der Waals surface area contributed by atoms with Gasteiger partial charge in [-0.2, -0.15) is 0 Å². The van der Waals surface area contributed by atoms with Gasteiger partial charge in [-0.3, -0.25) is 14.9 Å². The normalized spacial score (nSPS) is 25.6. The van der Waals surface area contributed by atoms with Crippen LogP contribution in [-0.4, -0.2) is 44.0 Å². The minimum Gasteiger partial charge on any atom is -0.458 e. The standard InChI is InChI=1S/C20H17N3O6/c1-2-20(26)13-7-16-17-10(8-22(16)18(24)12(13)9-29-19(20)25)6-11-14(21-17)4-3-5-15(11)23(27)28/h3-6,16,26H,2,7-9H2,1H3/t16?,20-/m0/s1. The molecule has 148 valence electrons. The second-order valence-corrected chi connectivity index (χ2v) is 7.53. The zero-order valence-corrected chi connectivity index (χ0v) is 15.5. The highest BCUT2D eigenvalue weighted by Crippen LogP contribution is 2.47. The van der Waals surface area contributed by atoms with E-state index in [1.54, 1.807) is 30.0 Å². The molecule has 9 nitrogen and oxygen atoms in total. The Hall–Kier alpha value is -3.33. The molecule has 0 spiro atoms. The predicted molar refractivity (Wildman–Crippen MR) is 99.5 cm³/mol. The lowest BCUT2D eigenvalue weighted by Crippen LogP contribution is -2.51. The molecule has 0 radical (unpaired) electrons. The van der Waals surface area contributed by atoms with Crippen LogP contribution in [0.2, 0.25) is 0 Å². The molecule has 1 amide bonds. The number of carbonyl (C=O) groups excluding carboxylic acids is 2. The summed E-state index contributed by atoms with van der Waals surface area (Å²) in [5, 5.41) is 22.7. The van der Waals surface area contributed by atoms with Gasteiger partial charge >= 0.3 is 5.97 Å². The van der Waals surface area contributed by atoms with Gasteiger partial charge in [0.1, 0.15) is 6.61 Å². The Kier molecular flexibility index (Phi) is 3.57. The third-order valence-electron chi connectivity index (χ3n) is 6.15. The first-order valence-corrected chi connectivity index (χ1v) is 9.35. The molecule has 9 heteroatoms. The average Bonchev–Trinajstić information content (AvgIpc) is 3.07. The summed E-state index contributed by atoms with van der Waals surface area (Å²) in [7, 11) is 0. The van der Waals surface area contributed by atoms with Crippen LogP contribution in [0.15, 0.2) is 35.4 Å². The van der Waals surface area contributed by atoms with E-state index in [9.17, 15) is 24.8 Å². The number of fused-ring (bicyclic) bond motifs is 4. The zero-order chi connectivity index (χ0) is 20.5. The SMILES string of the molecule is CC[C@@]1(O)C(=O)OCC2=C1CC1c3nc4cccc([N+](=O)[O-])c4cc3CN1C2=O. The fourth-order valence-electron chi connectivity index (χ4n) is 4.60. The second-order valence-electron chi connectivity index (χ2n) is 7.53. The van der Waals surface area contributed by atoms with Gasteiger partial charge in [0.05, 0.1) is 33.1 Å². The molecule has 3 aliphatic heterocycles. The number of non-ortho nitro benzene ring substituents is 1. The van der Waals surface area contributed by atoms with Crippen LogP contribution in [0.4, 0.5) is 5.69 Å². The summed E-state index contributed by atoms with van der Waals surface area (Å²) < 4.78 is 5.07. The molecule has 0 saturated heterocycles. The van der Waals surface area contributed by atoms with Gasteiger partial charge < -0.3 is 14.7 Å². The Morgan fingerprint density at radius 2 is 2.21 bits per heavy atom. The Balaban J connectivity index is 1.64. The molecule has 2 atom stereocenters. The van der Waals surface area contributed by atoms with Gasteiger partial charge in [-0.05, 0) is 36.1 Å². The number of nitro benzene ring substituents is 1. The molecule has 2 aromatic rings. The van der Waals surface area contributed by atoms with E-state index < -0.39 is 22.5 Å². The number of rotatable bonds is 2. The lowest BCUT2D eigenvalue weighted by atomic mass is 9.79. The van der Waals surface area contributed by atoms with Crippen molar-refractivity contribution in [2.45, 2.75) is 38.0 Å². The Morgan fingerprint density at radius 1 is 1.41 bits per heavy atom. The lowest BCUT2D eigenvalue weighted by molar-refractivity contribution is -0.383. The predicted octanol–water partition coefficient (Wildman–Crippen LogP) is 1.92. The van der Waals surface area contributed by atoms with E-state index in [0.29, 0.717) is 27.7 Å². The molecule has 3 aliphatic rings. The average molecular weight is 395 g/mol. The van der Waals surface area contributed by atoms with Crippen LogP contribution < -0.4 is 0 Å². The summed E-state index contributed by atoms with van der Waals surface area (Å²) in [4.78, 5) is 42.5. The van der Waals surface area contributed by atoms with Gasteiger partial charge in [-0.1, -0.05) is 13.0 Å². The highest BCUT2D eigenvalue weighted by atomic mass is 16.6. The molecule has 29 heavy (non-hydrogen) atoms. The molecule has 1 N–H and O–H groups in total. The van der Waals surface area contributed by atoms with E-state index in [-0.39, 0.29) is 37.6 Å². The van der Waals surface area contributed by atoms with Crippen molar-refractivity contribution < 1.29 is 24.4 Å². The van der Waals surface area contributed by atoms with Gasteiger partial charge in [0.2, 0.25) is 0 Å². The lowest BCUT2D eigenvalue weighted by Gasteiger charge is -2.41. The van der Waals surface area contributed by atoms with Crippen molar-refractivity contribution >= 4 is 28.5 Å². The number of aliphatic hydroxyl groups is 1. The summed E-state index contributed by atoms with van der Waals surface area (Å²) in [6.45, 7) is 1.78. The van der Waals surface area contributed by atoms with Crippen LogP contribution >= 0.6 is 0 Å². The number of nitrogens with zero attached hydrogens (tertiary/aromatic N) is 3. The maximum atomic E-state index is 13.1. The maximum Gasteiger partial charge on any atom is 0.342 e. The third kappa shape index (κ3) is 2.27. The van der Waals surface area contributed by atoms with Gasteiger partial charge in [0, 0.05) is 12.6 Å². The topological polar surface area (TPSA) is 123 Å². The summed E-state index contributed by atoms with van der Waals surface area (Å²) in [6, 6.07) is 5.99. The quantitative estimate of drug-likeness (QED) is 0.468. The fraction of sp³-hybridized carbons (Fsp3) is 0.350. The molecule has 0 bridgehead atoms. The van der Waals surface area contributed by atoms with Crippen LogP contribution in [0.3, 0.4) is 0 Å². The number of ether oxygens (including phenoxy) is 1. The number of amides is 1. The van der Waals surface area contributed by atoms with Crippen molar-refractivity contribution in [1.29, 1.82) is 0 Å². The number of aromatic nitrogens is 1. The van der Waals surface area contributed by atoms with E-state index in [4.69, 9.17) is 4.74 Å². The molecular weight excluding hydrogens is 378 g/mol. The zero-order valence-electron chi connectivity index (χ0n) is 15.5. The first kappa shape index (κ1) is 17.7. The van der Waals surface area contributed by atoms with Crippen molar-refractivity contribution in [3.05, 3.63) is 56.8 Å². The Morgan fingerprint density at radius 3 is 2.93 bits per heavy atom. The van der Waals surface area contributed by atoms with Crippen LogP contribution in [0.25, 0.3) is 10.9 Å². The summed E-state index contributed by atoms with van der Waals surface area (Å²) in [5.74, 6) is -1.03. The van der Waals surface area contributed by atoms with E-state index >= 15 is 0 Å². The van der Waals surface area contributed by atoms with Gasteiger partial charge in [0.25, 0.3) is 11.6 Å². The van der Waals surface area contributed by atoms with Gasteiger partial charge in [0.15, 0.2) is 5.60 Å². The third-order valence-corrected chi connectivity index (χ3v) is 6.15.